The van der Waals surface area contributed by atoms with Gasteiger partial charge < -0.3 is 15.5 Å². The molecule has 1 saturated heterocycles. The summed E-state index contributed by atoms with van der Waals surface area (Å²) < 4.78 is 0. The Bertz CT molecular complexity index is 848. The van der Waals surface area contributed by atoms with E-state index in [1.54, 1.807) is 0 Å². The molecule has 1 atom stereocenters. The summed E-state index contributed by atoms with van der Waals surface area (Å²) in [5.41, 5.74) is 2.99. The molecule has 1 fully saturated rings. The predicted octanol–water partition coefficient (Wildman–Crippen LogP) is 4.69. The van der Waals surface area contributed by atoms with Crippen LogP contribution in [-0.4, -0.2) is 29.4 Å². The van der Waals surface area contributed by atoms with Gasteiger partial charge in [0.15, 0.2) is 0 Å². The number of nitrogens with one attached hydrogen (secondary N) is 2. The van der Waals surface area contributed by atoms with Crippen LogP contribution in [0.15, 0.2) is 54.6 Å². The van der Waals surface area contributed by atoms with Gasteiger partial charge in [-0.2, -0.15) is 0 Å². The molecular weight excluding hydrogens is 362 g/mol. The summed E-state index contributed by atoms with van der Waals surface area (Å²) in [4.78, 5) is 26.2. The van der Waals surface area contributed by atoms with Gasteiger partial charge in [-0.15, -0.1) is 0 Å². The maximum Gasteiger partial charge on any atom is 0.319 e. The van der Waals surface area contributed by atoms with Crippen molar-refractivity contribution < 1.29 is 9.59 Å². The first-order valence-corrected chi connectivity index (χ1v) is 10.3. The first-order valence-electron chi connectivity index (χ1n) is 10.3. The second kappa shape index (κ2) is 9.12. The molecule has 1 aliphatic heterocycles. The smallest absolute Gasteiger partial charge is 0.319 e. The fourth-order valence-electron chi connectivity index (χ4n) is 4.05. The molecular formula is C24H31N3O2. The Balaban J connectivity index is 1.53. The zero-order valence-electron chi connectivity index (χ0n) is 17.6. The molecule has 5 heteroatoms. The van der Waals surface area contributed by atoms with Crippen molar-refractivity contribution in [3.05, 3.63) is 65.7 Å². The van der Waals surface area contributed by atoms with Gasteiger partial charge in [-0.1, -0.05) is 56.3 Å². The topological polar surface area (TPSA) is 61.4 Å². The van der Waals surface area contributed by atoms with E-state index in [-0.39, 0.29) is 23.4 Å². The van der Waals surface area contributed by atoms with Gasteiger partial charge in [0.25, 0.3) is 0 Å². The number of nitrogens with zero attached hydrogens (tertiary/aromatic N) is 1. The molecule has 0 bridgehead atoms. The minimum absolute atomic E-state index is 0.0237. The maximum atomic E-state index is 12.5. The van der Waals surface area contributed by atoms with Crippen molar-refractivity contribution in [2.45, 2.75) is 58.0 Å². The van der Waals surface area contributed by atoms with Crippen LogP contribution >= 0.6 is 0 Å². The van der Waals surface area contributed by atoms with Crippen LogP contribution in [0.3, 0.4) is 0 Å². The van der Waals surface area contributed by atoms with Crippen molar-refractivity contribution in [2.75, 3.05) is 11.9 Å². The molecule has 3 amide bonds. The Hall–Kier alpha value is -2.82. The summed E-state index contributed by atoms with van der Waals surface area (Å²) >= 11 is 0. The first kappa shape index (κ1) is 20.9. The number of rotatable bonds is 7. The highest BCUT2D eigenvalue weighted by molar-refractivity contribution is 5.89. The fourth-order valence-corrected chi connectivity index (χ4v) is 4.05. The number of hydrogen-bond acceptors (Lipinski definition) is 2. The number of carbonyl (C=O) groups is 2. The van der Waals surface area contributed by atoms with Gasteiger partial charge in [0.2, 0.25) is 5.91 Å². The van der Waals surface area contributed by atoms with Crippen molar-refractivity contribution in [2.24, 2.45) is 0 Å². The molecule has 2 aromatic carbocycles. The van der Waals surface area contributed by atoms with Crippen LogP contribution in [0, 0.1) is 0 Å². The van der Waals surface area contributed by atoms with Crippen molar-refractivity contribution >= 4 is 17.6 Å². The molecule has 1 heterocycles. The monoisotopic (exact) mass is 393 g/mol. The average molecular weight is 394 g/mol. The maximum absolute atomic E-state index is 12.5. The van der Waals surface area contributed by atoms with E-state index in [2.05, 4.69) is 36.6 Å². The van der Waals surface area contributed by atoms with E-state index in [1.165, 1.54) is 5.56 Å². The van der Waals surface area contributed by atoms with Gasteiger partial charge in [0.1, 0.15) is 0 Å². The molecule has 0 aliphatic carbocycles. The summed E-state index contributed by atoms with van der Waals surface area (Å²) in [6.07, 6.45) is 2.40. The summed E-state index contributed by atoms with van der Waals surface area (Å²) in [7, 11) is 0. The Morgan fingerprint density at radius 2 is 1.90 bits per heavy atom. The molecule has 5 nitrogen and oxygen atoms in total. The van der Waals surface area contributed by atoms with Crippen LogP contribution in [0.25, 0.3) is 0 Å². The molecule has 0 saturated carbocycles. The van der Waals surface area contributed by atoms with E-state index < -0.39 is 0 Å². The van der Waals surface area contributed by atoms with Crippen molar-refractivity contribution in [1.29, 1.82) is 0 Å². The lowest BCUT2D eigenvalue weighted by molar-refractivity contribution is -0.128. The average Bonchev–Trinajstić information content (AvgIpc) is 3.06. The third kappa shape index (κ3) is 5.83. The van der Waals surface area contributed by atoms with E-state index in [4.69, 9.17) is 0 Å². The second-order valence-corrected chi connectivity index (χ2v) is 8.57. The number of likely N-dealkylation sites (tertiary alicyclic amines) is 1. The minimum atomic E-state index is -0.212. The molecule has 154 valence electrons. The summed E-state index contributed by atoms with van der Waals surface area (Å²) in [5.74, 6) is 0.205. The molecule has 1 aliphatic rings. The Morgan fingerprint density at radius 1 is 1.14 bits per heavy atom. The van der Waals surface area contributed by atoms with Crippen LogP contribution in [0.1, 0.15) is 51.2 Å². The Morgan fingerprint density at radius 3 is 2.59 bits per heavy atom. The van der Waals surface area contributed by atoms with E-state index in [0.717, 1.165) is 30.6 Å². The quantitative estimate of drug-likeness (QED) is 0.717. The van der Waals surface area contributed by atoms with Crippen LogP contribution in [-0.2, 0) is 16.8 Å². The molecule has 3 rings (SSSR count). The summed E-state index contributed by atoms with van der Waals surface area (Å²) in [6.45, 7) is 7.83. The third-order valence-corrected chi connectivity index (χ3v) is 5.48. The standard InChI is InChI=1S/C24H31N3O2/c1-18(16-24(2,3)20-10-5-4-6-11-20)25-23(29)26-21-12-7-9-19(15-21)17-27-14-8-13-22(27)28/h4-7,9-12,15,18H,8,13-14,16-17H2,1-3H3,(H2,25,26,29). The predicted molar refractivity (Wildman–Crippen MR) is 117 cm³/mol. The molecule has 2 N–H and O–H groups in total. The van der Waals surface area contributed by atoms with Crippen molar-refractivity contribution in [1.82, 2.24) is 10.2 Å². The first-order chi connectivity index (χ1) is 13.8. The normalized spacial score (nSPS) is 15.3. The second-order valence-electron chi connectivity index (χ2n) is 8.57. The highest BCUT2D eigenvalue weighted by Crippen LogP contribution is 2.28. The fraction of sp³-hybridized carbons (Fsp3) is 0.417. The number of anilines is 1. The van der Waals surface area contributed by atoms with Crippen LogP contribution < -0.4 is 10.6 Å². The van der Waals surface area contributed by atoms with Crippen molar-refractivity contribution in [3.8, 4) is 0 Å². The van der Waals surface area contributed by atoms with Crippen LogP contribution in [0.5, 0.6) is 0 Å². The highest BCUT2D eigenvalue weighted by Gasteiger charge is 2.24. The number of carbonyl (C=O) groups excluding carboxylic acids is 2. The van der Waals surface area contributed by atoms with Crippen LogP contribution in [0.4, 0.5) is 10.5 Å². The van der Waals surface area contributed by atoms with Gasteiger partial charge in [0, 0.05) is 31.2 Å². The van der Waals surface area contributed by atoms with Gasteiger partial charge in [-0.25, -0.2) is 4.79 Å². The van der Waals surface area contributed by atoms with E-state index >= 15 is 0 Å². The van der Waals surface area contributed by atoms with Gasteiger partial charge in [-0.05, 0) is 48.4 Å². The number of urea groups is 1. The summed E-state index contributed by atoms with van der Waals surface area (Å²) in [6, 6.07) is 17.9. The van der Waals surface area contributed by atoms with E-state index in [1.807, 2.05) is 54.3 Å². The van der Waals surface area contributed by atoms with Gasteiger partial charge >= 0.3 is 6.03 Å². The van der Waals surface area contributed by atoms with Gasteiger partial charge in [-0.3, -0.25) is 4.79 Å². The lowest BCUT2D eigenvalue weighted by atomic mass is 9.79. The lowest BCUT2D eigenvalue weighted by Crippen LogP contribution is -2.39. The SMILES string of the molecule is CC(CC(C)(C)c1ccccc1)NC(=O)Nc1cccc(CN2CCCC2=O)c1. The zero-order chi connectivity index (χ0) is 20.9. The Labute approximate surface area is 173 Å². The van der Waals surface area contributed by atoms with E-state index in [9.17, 15) is 9.59 Å². The zero-order valence-corrected chi connectivity index (χ0v) is 17.6. The number of hydrogen-bond donors (Lipinski definition) is 2. The highest BCUT2D eigenvalue weighted by atomic mass is 16.2. The molecule has 0 radical (unpaired) electrons. The minimum Gasteiger partial charge on any atom is -0.338 e. The van der Waals surface area contributed by atoms with Crippen LogP contribution in [0.2, 0.25) is 0 Å². The van der Waals surface area contributed by atoms with E-state index in [0.29, 0.717) is 13.0 Å². The molecule has 1 unspecified atom stereocenters. The number of benzene rings is 2. The van der Waals surface area contributed by atoms with Gasteiger partial charge in [0.05, 0.1) is 0 Å². The third-order valence-electron chi connectivity index (χ3n) is 5.48. The molecule has 2 aromatic rings. The Kier molecular flexibility index (Phi) is 6.57. The van der Waals surface area contributed by atoms with Crippen molar-refractivity contribution in [3.63, 3.8) is 0 Å². The summed E-state index contributed by atoms with van der Waals surface area (Å²) in [5, 5.41) is 5.96. The largest absolute Gasteiger partial charge is 0.338 e. The molecule has 0 aromatic heterocycles. The lowest BCUT2D eigenvalue weighted by Gasteiger charge is -2.29. The number of amides is 3. The molecule has 0 spiro atoms. The molecule has 29 heavy (non-hydrogen) atoms.